The molecule has 1 unspecified atom stereocenters. The summed E-state index contributed by atoms with van der Waals surface area (Å²) in [5, 5.41) is 14.1. The molecule has 3 aliphatic rings. The molecule has 0 aromatic heterocycles. The molecule has 1 heterocycles. The maximum Gasteiger partial charge on any atom is 0.0632 e. The summed E-state index contributed by atoms with van der Waals surface area (Å²) in [6.07, 6.45) is 12.9. The van der Waals surface area contributed by atoms with E-state index in [9.17, 15) is 5.11 Å². The van der Waals surface area contributed by atoms with Gasteiger partial charge in [-0.2, -0.15) is 0 Å². The van der Waals surface area contributed by atoms with Crippen molar-refractivity contribution >= 4 is 0 Å². The molecular formula is C18H34N2O. The Labute approximate surface area is 130 Å². The molecule has 2 saturated carbocycles. The molecule has 122 valence electrons. The molecule has 3 fully saturated rings. The quantitative estimate of drug-likeness (QED) is 0.818. The smallest absolute Gasteiger partial charge is 0.0632 e. The summed E-state index contributed by atoms with van der Waals surface area (Å²) in [7, 11) is 0. The second kappa shape index (κ2) is 6.55. The standard InChI is InChI=1S/C18H34N2O/c1-17(21)8-5-12-20(13-11-17)15-18(9-3-2-4-10-18)14-19-16-6-7-16/h16,19,21H,2-15H2,1H3. The molecule has 0 bridgehead atoms. The largest absolute Gasteiger partial charge is 0.390 e. The number of likely N-dealkylation sites (tertiary alicyclic amines) is 1. The van der Waals surface area contributed by atoms with Gasteiger partial charge in [-0.05, 0) is 63.8 Å². The Bertz CT molecular complexity index is 332. The van der Waals surface area contributed by atoms with Crippen LogP contribution in [0.15, 0.2) is 0 Å². The van der Waals surface area contributed by atoms with E-state index in [1.165, 1.54) is 64.6 Å². The molecule has 0 aromatic rings. The Kier molecular flexibility index (Phi) is 4.92. The third-order valence-electron chi connectivity index (χ3n) is 5.97. The van der Waals surface area contributed by atoms with E-state index in [1.807, 2.05) is 6.92 Å². The molecule has 0 radical (unpaired) electrons. The fourth-order valence-electron chi connectivity index (χ4n) is 4.29. The Morgan fingerprint density at radius 1 is 1.00 bits per heavy atom. The van der Waals surface area contributed by atoms with E-state index in [-0.39, 0.29) is 0 Å². The lowest BCUT2D eigenvalue weighted by molar-refractivity contribution is 0.0409. The summed E-state index contributed by atoms with van der Waals surface area (Å²) in [6, 6.07) is 0.827. The molecule has 0 amide bonds. The number of aliphatic hydroxyl groups is 1. The Hall–Kier alpha value is -0.120. The van der Waals surface area contributed by atoms with Gasteiger partial charge in [0, 0.05) is 25.7 Å². The molecule has 3 heteroatoms. The van der Waals surface area contributed by atoms with Crippen LogP contribution in [0.25, 0.3) is 0 Å². The zero-order valence-electron chi connectivity index (χ0n) is 13.9. The molecule has 1 aliphatic heterocycles. The average Bonchev–Trinajstić information content (AvgIpc) is 3.28. The van der Waals surface area contributed by atoms with Crippen LogP contribution in [-0.4, -0.2) is 47.8 Å². The molecular weight excluding hydrogens is 260 g/mol. The fraction of sp³-hybridized carbons (Fsp3) is 1.00. The van der Waals surface area contributed by atoms with Gasteiger partial charge in [-0.15, -0.1) is 0 Å². The topological polar surface area (TPSA) is 35.5 Å². The molecule has 0 aromatic carbocycles. The van der Waals surface area contributed by atoms with Crippen LogP contribution < -0.4 is 5.32 Å². The Balaban J connectivity index is 1.57. The van der Waals surface area contributed by atoms with Crippen molar-refractivity contribution in [2.75, 3.05) is 26.2 Å². The first kappa shape index (κ1) is 15.8. The Morgan fingerprint density at radius 3 is 2.48 bits per heavy atom. The van der Waals surface area contributed by atoms with Crippen LogP contribution in [-0.2, 0) is 0 Å². The highest BCUT2D eigenvalue weighted by molar-refractivity contribution is 4.92. The van der Waals surface area contributed by atoms with Crippen molar-refractivity contribution in [3.63, 3.8) is 0 Å². The van der Waals surface area contributed by atoms with Crippen LogP contribution in [0.2, 0.25) is 0 Å². The zero-order valence-corrected chi connectivity index (χ0v) is 13.9. The minimum Gasteiger partial charge on any atom is -0.390 e. The number of hydrogen-bond acceptors (Lipinski definition) is 3. The van der Waals surface area contributed by atoms with E-state index in [0.717, 1.165) is 31.8 Å². The molecule has 1 atom stereocenters. The van der Waals surface area contributed by atoms with Crippen LogP contribution in [0.5, 0.6) is 0 Å². The second-order valence-electron chi connectivity index (χ2n) is 8.34. The highest BCUT2D eigenvalue weighted by Crippen LogP contribution is 2.38. The highest BCUT2D eigenvalue weighted by Gasteiger charge is 2.36. The number of rotatable bonds is 5. The normalized spacial score (nSPS) is 34.6. The van der Waals surface area contributed by atoms with Gasteiger partial charge in [0.25, 0.3) is 0 Å². The summed E-state index contributed by atoms with van der Waals surface area (Å²) >= 11 is 0. The monoisotopic (exact) mass is 294 g/mol. The first-order valence-electron chi connectivity index (χ1n) is 9.25. The maximum absolute atomic E-state index is 10.3. The van der Waals surface area contributed by atoms with Crippen molar-refractivity contribution in [2.45, 2.75) is 82.8 Å². The van der Waals surface area contributed by atoms with Gasteiger partial charge in [0.15, 0.2) is 0 Å². The first-order valence-corrected chi connectivity index (χ1v) is 9.25. The van der Waals surface area contributed by atoms with E-state index in [4.69, 9.17) is 0 Å². The fourth-order valence-corrected chi connectivity index (χ4v) is 4.29. The molecule has 3 rings (SSSR count). The van der Waals surface area contributed by atoms with Crippen LogP contribution in [0.3, 0.4) is 0 Å². The van der Waals surface area contributed by atoms with Gasteiger partial charge in [-0.25, -0.2) is 0 Å². The lowest BCUT2D eigenvalue weighted by Gasteiger charge is -2.41. The van der Waals surface area contributed by atoms with Crippen LogP contribution in [0.1, 0.15) is 71.1 Å². The summed E-state index contributed by atoms with van der Waals surface area (Å²) in [5.41, 5.74) is 0.0811. The van der Waals surface area contributed by atoms with Gasteiger partial charge in [0.1, 0.15) is 0 Å². The minimum atomic E-state index is -0.430. The van der Waals surface area contributed by atoms with E-state index >= 15 is 0 Å². The average molecular weight is 294 g/mol. The maximum atomic E-state index is 10.3. The van der Waals surface area contributed by atoms with Gasteiger partial charge < -0.3 is 15.3 Å². The summed E-state index contributed by atoms with van der Waals surface area (Å²) in [6.45, 7) is 6.76. The van der Waals surface area contributed by atoms with Crippen molar-refractivity contribution < 1.29 is 5.11 Å². The highest BCUT2D eigenvalue weighted by atomic mass is 16.3. The van der Waals surface area contributed by atoms with E-state index in [0.29, 0.717) is 5.41 Å². The number of nitrogens with one attached hydrogen (secondary N) is 1. The number of nitrogens with zero attached hydrogens (tertiary/aromatic N) is 1. The van der Waals surface area contributed by atoms with Crippen LogP contribution >= 0.6 is 0 Å². The molecule has 1 saturated heterocycles. The molecule has 2 N–H and O–H groups in total. The van der Waals surface area contributed by atoms with Crippen molar-refractivity contribution in [3.8, 4) is 0 Å². The third-order valence-corrected chi connectivity index (χ3v) is 5.97. The second-order valence-corrected chi connectivity index (χ2v) is 8.34. The van der Waals surface area contributed by atoms with Crippen molar-refractivity contribution in [1.29, 1.82) is 0 Å². The van der Waals surface area contributed by atoms with Crippen molar-refractivity contribution in [3.05, 3.63) is 0 Å². The van der Waals surface area contributed by atoms with Crippen LogP contribution in [0.4, 0.5) is 0 Å². The van der Waals surface area contributed by atoms with Gasteiger partial charge in [-0.3, -0.25) is 0 Å². The van der Waals surface area contributed by atoms with Crippen molar-refractivity contribution in [2.24, 2.45) is 5.41 Å². The van der Waals surface area contributed by atoms with E-state index in [2.05, 4.69) is 10.2 Å². The lowest BCUT2D eigenvalue weighted by Crippen LogP contribution is -2.46. The summed E-state index contributed by atoms with van der Waals surface area (Å²) < 4.78 is 0. The van der Waals surface area contributed by atoms with Crippen LogP contribution in [0, 0.1) is 5.41 Å². The predicted molar refractivity (Wildman–Crippen MR) is 87.5 cm³/mol. The molecule has 21 heavy (non-hydrogen) atoms. The van der Waals surface area contributed by atoms with Crippen molar-refractivity contribution in [1.82, 2.24) is 10.2 Å². The first-order chi connectivity index (χ1) is 10.1. The molecule has 2 aliphatic carbocycles. The van der Waals surface area contributed by atoms with Gasteiger partial charge in [-0.1, -0.05) is 19.3 Å². The van der Waals surface area contributed by atoms with Gasteiger partial charge in [0.2, 0.25) is 0 Å². The molecule has 3 nitrogen and oxygen atoms in total. The lowest BCUT2D eigenvalue weighted by atomic mass is 9.73. The third kappa shape index (κ3) is 4.67. The minimum absolute atomic E-state index is 0.430. The zero-order chi connectivity index (χ0) is 14.8. The van der Waals surface area contributed by atoms with E-state index in [1.54, 1.807) is 0 Å². The van der Waals surface area contributed by atoms with E-state index < -0.39 is 5.60 Å². The molecule has 0 spiro atoms. The van der Waals surface area contributed by atoms with Gasteiger partial charge in [0.05, 0.1) is 5.60 Å². The Morgan fingerprint density at radius 2 is 1.76 bits per heavy atom. The number of hydrogen-bond donors (Lipinski definition) is 2. The predicted octanol–water partition coefficient (Wildman–Crippen LogP) is 2.93. The summed E-state index contributed by atoms with van der Waals surface area (Å²) in [5.74, 6) is 0. The summed E-state index contributed by atoms with van der Waals surface area (Å²) in [4.78, 5) is 2.65. The SMILES string of the molecule is CC1(O)CCCN(CC2(CNC3CC3)CCCCC2)CC1. The van der Waals surface area contributed by atoms with Gasteiger partial charge >= 0.3 is 0 Å².